The van der Waals surface area contributed by atoms with Crippen molar-refractivity contribution >= 4 is 0 Å². The van der Waals surface area contributed by atoms with E-state index in [0.29, 0.717) is 11.5 Å². The van der Waals surface area contributed by atoms with Crippen LogP contribution in [0.2, 0.25) is 0 Å². The van der Waals surface area contributed by atoms with Gasteiger partial charge in [0, 0.05) is 11.6 Å². The molecule has 0 unspecified atom stereocenters. The van der Waals surface area contributed by atoms with Crippen LogP contribution in [-0.4, -0.2) is 30.1 Å². The van der Waals surface area contributed by atoms with Crippen LogP contribution in [0.15, 0.2) is 0 Å². The Balaban J connectivity index is 2.39. The van der Waals surface area contributed by atoms with Gasteiger partial charge in [0.25, 0.3) is 0 Å². The number of hydrogen-bond donors (Lipinski definition) is 1. The molecule has 1 saturated carbocycles. The number of nitrogens with two attached hydrogens (primary N) is 1. The van der Waals surface area contributed by atoms with Crippen LogP contribution >= 0.6 is 0 Å². The molecule has 0 aliphatic heterocycles. The molecule has 0 amide bonds. The number of rotatable bonds is 5. The molecular formula is C12H26N2. The summed E-state index contributed by atoms with van der Waals surface area (Å²) in [6.07, 6.45) is 3.90. The van der Waals surface area contributed by atoms with E-state index in [1.54, 1.807) is 0 Å². The SMILES string of the molecule is CC(C)N(C)CCC1(C(C)(C)N)CC1. The summed E-state index contributed by atoms with van der Waals surface area (Å²) in [5.74, 6) is 0. The summed E-state index contributed by atoms with van der Waals surface area (Å²) in [4.78, 5) is 2.41. The Labute approximate surface area is 88.8 Å². The predicted octanol–water partition coefficient (Wildman–Crippen LogP) is 2.23. The Morgan fingerprint density at radius 2 is 1.86 bits per heavy atom. The normalized spacial score (nSPS) is 20.6. The van der Waals surface area contributed by atoms with Crippen molar-refractivity contribution in [1.29, 1.82) is 0 Å². The van der Waals surface area contributed by atoms with Crippen molar-refractivity contribution in [3.63, 3.8) is 0 Å². The molecule has 0 aromatic heterocycles. The van der Waals surface area contributed by atoms with Gasteiger partial charge >= 0.3 is 0 Å². The van der Waals surface area contributed by atoms with Crippen LogP contribution < -0.4 is 5.73 Å². The maximum atomic E-state index is 6.22. The second-order valence-electron chi connectivity index (χ2n) is 5.83. The predicted molar refractivity (Wildman–Crippen MR) is 62.3 cm³/mol. The zero-order valence-electron chi connectivity index (χ0n) is 10.4. The van der Waals surface area contributed by atoms with Crippen LogP contribution in [-0.2, 0) is 0 Å². The Bertz CT molecular complexity index is 187. The fourth-order valence-electron chi connectivity index (χ4n) is 2.02. The second kappa shape index (κ2) is 3.82. The summed E-state index contributed by atoms with van der Waals surface area (Å²) >= 11 is 0. The zero-order valence-corrected chi connectivity index (χ0v) is 10.4. The van der Waals surface area contributed by atoms with E-state index in [-0.39, 0.29) is 5.54 Å². The molecule has 0 bridgehead atoms. The van der Waals surface area contributed by atoms with Crippen molar-refractivity contribution in [2.24, 2.45) is 11.1 Å². The smallest absolute Gasteiger partial charge is 0.0154 e. The van der Waals surface area contributed by atoms with Gasteiger partial charge in [-0.1, -0.05) is 0 Å². The van der Waals surface area contributed by atoms with Crippen molar-refractivity contribution in [2.45, 2.75) is 58.5 Å². The highest BCUT2D eigenvalue weighted by Gasteiger charge is 2.51. The van der Waals surface area contributed by atoms with E-state index in [9.17, 15) is 0 Å². The Morgan fingerprint density at radius 1 is 1.36 bits per heavy atom. The van der Waals surface area contributed by atoms with Crippen LogP contribution in [0.3, 0.4) is 0 Å². The van der Waals surface area contributed by atoms with Gasteiger partial charge in [-0.3, -0.25) is 0 Å². The molecule has 0 atom stereocenters. The molecule has 0 aromatic carbocycles. The first-order chi connectivity index (χ1) is 6.28. The molecule has 2 N–H and O–H groups in total. The van der Waals surface area contributed by atoms with E-state index in [1.807, 2.05) is 0 Å². The first-order valence-corrected chi connectivity index (χ1v) is 5.78. The van der Waals surface area contributed by atoms with Crippen LogP contribution in [0.4, 0.5) is 0 Å². The van der Waals surface area contributed by atoms with E-state index in [1.165, 1.54) is 25.8 Å². The lowest BCUT2D eigenvalue weighted by Gasteiger charge is -2.33. The molecular weight excluding hydrogens is 172 g/mol. The highest BCUT2D eigenvalue weighted by molar-refractivity contribution is 5.06. The summed E-state index contributed by atoms with van der Waals surface area (Å²) in [7, 11) is 2.20. The van der Waals surface area contributed by atoms with Gasteiger partial charge in [0.2, 0.25) is 0 Å². The zero-order chi connectivity index (χ0) is 11.0. The molecule has 0 saturated heterocycles. The van der Waals surface area contributed by atoms with E-state index >= 15 is 0 Å². The molecule has 2 heteroatoms. The van der Waals surface area contributed by atoms with E-state index in [4.69, 9.17) is 5.73 Å². The third-order valence-electron chi connectivity index (χ3n) is 4.05. The molecule has 84 valence electrons. The van der Waals surface area contributed by atoms with E-state index in [2.05, 4.69) is 39.6 Å². The highest BCUT2D eigenvalue weighted by Crippen LogP contribution is 2.55. The van der Waals surface area contributed by atoms with E-state index < -0.39 is 0 Å². The van der Waals surface area contributed by atoms with Gasteiger partial charge in [0.15, 0.2) is 0 Å². The maximum Gasteiger partial charge on any atom is 0.0154 e. The van der Waals surface area contributed by atoms with E-state index in [0.717, 1.165) is 0 Å². The third kappa shape index (κ3) is 2.48. The van der Waals surface area contributed by atoms with Crippen LogP contribution in [0.1, 0.15) is 47.0 Å². The molecule has 0 radical (unpaired) electrons. The van der Waals surface area contributed by atoms with Crippen LogP contribution in [0.25, 0.3) is 0 Å². The first-order valence-electron chi connectivity index (χ1n) is 5.78. The molecule has 1 aliphatic carbocycles. The van der Waals surface area contributed by atoms with Gasteiger partial charge in [-0.15, -0.1) is 0 Å². The second-order valence-corrected chi connectivity index (χ2v) is 5.83. The topological polar surface area (TPSA) is 29.3 Å². The fraction of sp³-hybridized carbons (Fsp3) is 1.00. The van der Waals surface area contributed by atoms with Crippen LogP contribution in [0.5, 0.6) is 0 Å². The highest BCUT2D eigenvalue weighted by atomic mass is 15.1. The lowest BCUT2D eigenvalue weighted by molar-refractivity contribution is 0.203. The molecule has 0 spiro atoms. The number of nitrogens with zero attached hydrogens (tertiary/aromatic N) is 1. The van der Waals surface area contributed by atoms with Crippen molar-refractivity contribution in [1.82, 2.24) is 4.90 Å². The van der Waals surface area contributed by atoms with Crippen molar-refractivity contribution < 1.29 is 0 Å². The molecule has 1 rings (SSSR count). The Kier molecular flexibility index (Phi) is 3.27. The first kappa shape index (κ1) is 12.0. The third-order valence-corrected chi connectivity index (χ3v) is 4.05. The summed E-state index contributed by atoms with van der Waals surface area (Å²) in [5, 5.41) is 0. The molecule has 14 heavy (non-hydrogen) atoms. The molecule has 1 aliphatic rings. The van der Waals surface area contributed by atoms with Gasteiger partial charge in [0.1, 0.15) is 0 Å². The lowest BCUT2D eigenvalue weighted by Crippen LogP contribution is -2.44. The Hall–Kier alpha value is -0.0800. The quantitative estimate of drug-likeness (QED) is 0.734. The summed E-state index contributed by atoms with van der Waals surface area (Å²) in [5.41, 5.74) is 6.66. The van der Waals surface area contributed by atoms with Gasteiger partial charge in [-0.05, 0) is 66.0 Å². The van der Waals surface area contributed by atoms with Gasteiger partial charge in [0.05, 0.1) is 0 Å². The van der Waals surface area contributed by atoms with Gasteiger partial charge < -0.3 is 10.6 Å². The Morgan fingerprint density at radius 3 is 2.14 bits per heavy atom. The molecule has 2 nitrogen and oxygen atoms in total. The van der Waals surface area contributed by atoms with Gasteiger partial charge in [-0.25, -0.2) is 0 Å². The minimum atomic E-state index is 0.00478. The minimum Gasteiger partial charge on any atom is -0.325 e. The largest absolute Gasteiger partial charge is 0.325 e. The molecule has 0 heterocycles. The van der Waals surface area contributed by atoms with Crippen molar-refractivity contribution in [3.05, 3.63) is 0 Å². The number of hydrogen-bond acceptors (Lipinski definition) is 2. The maximum absolute atomic E-state index is 6.22. The molecule has 1 fully saturated rings. The summed E-state index contributed by atoms with van der Waals surface area (Å²) in [6.45, 7) is 10.0. The standard InChI is InChI=1S/C12H26N2/c1-10(2)14(5)9-8-12(6-7-12)11(3,4)13/h10H,6-9,13H2,1-5H3. The minimum absolute atomic E-state index is 0.00478. The van der Waals surface area contributed by atoms with Crippen LogP contribution in [0, 0.1) is 5.41 Å². The average Bonchev–Trinajstić information content (AvgIpc) is 2.78. The molecule has 0 aromatic rings. The lowest BCUT2D eigenvalue weighted by atomic mass is 9.82. The van der Waals surface area contributed by atoms with Gasteiger partial charge in [-0.2, -0.15) is 0 Å². The van der Waals surface area contributed by atoms with Crippen molar-refractivity contribution in [3.8, 4) is 0 Å². The van der Waals surface area contributed by atoms with Crippen molar-refractivity contribution in [2.75, 3.05) is 13.6 Å². The monoisotopic (exact) mass is 198 g/mol. The average molecular weight is 198 g/mol. The summed E-state index contributed by atoms with van der Waals surface area (Å²) < 4.78 is 0. The summed E-state index contributed by atoms with van der Waals surface area (Å²) in [6, 6.07) is 0.645. The fourth-order valence-corrected chi connectivity index (χ4v) is 2.02.